The predicted molar refractivity (Wildman–Crippen MR) is 84.2 cm³/mol. The van der Waals surface area contributed by atoms with Crippen LogP contribution in [0.3, 0.4) is 0 Å². The number of unbranched alkanes of at least 4 members (excludes halogenated alkanes) is 1. The van der Waals surface area contributed by atoms with Gasteiger partial charge in [-0.2, -0.15) is 0 Å². The highest BCUT2D eigenvalue weighted by atomic mass is 35.5. The van der Waals surface area contributed by atoms with Gasteiger partial charge in [0.15, 0.2) is 0 Å². The van der Waals surface area contributed by atoms with E-state index in [0.717, 1.165) is 42.9 Å². The van der Waals surface area contributed by atoms with Crippen molar-refractivity contribution in [3.8, 4) is 0 Å². The summed E-state index contributed by atoms with van der Waals surface area (Å²) in [4.78, 5) is 15.7. The SMILES string of the molecule is O=C(CCc1ccc(Cl)cc1)NCCCCn1ccnc1. The lowest BCUT2D eigenvalue weighted by Gasteiger charge is -2.06. The Balaban J connectivity index is 1.54. The number of benzene rings is 1. The number of aromatic nitrogens is 2. The van der Waals surface area contributed by atoms with E-state index in [4.69, 9.17) is 11.6 Å². The number of nitrogens with zero attached hydrogens (tertiary/aromatic N) is 2. The molecular weight excluding hydrogens is 286 g/mol. The lowest BCUT2D eigenvalue weighted by atomic mass is 10.1. The van der Waals surface area contributed by atoms with Gasteiger partial charge in [0.2, 0.25) is 5.91 Å². The molecule has 0 aliphatic heterocycles. The van der Waals surface area contributed by atoms with Crippen LogP contribution in [-0.2, 0) is 17.8 Å². The molecule has 0 unspecified atom stereocenters. The van der Waals surface area contributed by atoms with Crippen LogP contribution in [0.25, 0.3) is 0 Å². The first kappa shape index (κ1) is 15.6. The van der Waals surface area contributed by atoms with Crippen molar-refractivity contribution in [1.29, 1.82) is 0 Å². The number of carbonyl (C=O) groups excluding carboxylic acids is 1. The Labute approximate surface area is 130 Å². The molecule has 2 aromatic rings. The summed E-state index contributed by atoms with van der Waals surface area (Å²) >= 11 is 5.82. The number of imidazole rings is 1. The molecule has 1 N–H and O–H groups in total. The van der Waals surface area contributed by atoms with Crippen molar-refractivity contribution in [2.24, 2.45) is 0 Å². The fraction of sp³-hybridized carbons (Fsp3) is 0.375. The van der Waals surface area contributed by atoms with Crippen LogP contribution in [0.2, 0.25) is 5.02 Å². The molecule has 0 saturated carbocycles. The van der Waals surface area contributed by atoms with Gasteiger partial charge in [0.1, 0.15) is 0 Å². The zero-order valence-corrected chi connectivity index (χ0v) is 12.7. The third-order valence-corrected chi connectivity index (χ3v) is 3.53. The molecule has 0 fully saturated rings. The van der Waals surface area contributed by atoms with Gasteiger partial charge in [0.05, 0.1) is 6.33 Å². The maximum absolute atomic E-state index is 11.7. The molecule has 21 heavy (non-hydrogen) atoms. The first-order valence-electron chi connectivity index (χ1n) is 7.21. The Hall–Kier alpha value is -1.81. The third-order valence-electron chi connectivity index (χ3n) is 3.28. The Morgan fingerprint density at radius 2 is 2.05 bits per heavy atom. The van der Waals surface area contributed by atoms with Crippen LogP contribution in [0.15, 0.2) is 43.0 Å². The maximum atomic E-state index is 11.7. The van der Waals surface area contributed by atoms with E-state index in [9.17, 15) is 4.79 Å². The second-order valence-electron chi connectivity index (χ2n) is 4.98. The van der Waals surface area contributed by atoms with Crippen LogP contribution >= 0.6 is 11.6 Å². The number of halogens is 1. The van der Waals surface area contributed by atoms with Crippen LogP contribution in [0.1, 0.15) is 24.8 Å². The molecule has 0 radical (unpaired) electrons. The molecule has 0 atom stereocenters. The average Bonchev–Trinajstić information content (AvgIpc) is 2.99. The van der Waals surface area contributed by atoms with E-state index in [0.29, 0.717) is 6.42 Å². The van der Waals surface area contributed by atoms with Crippen LogP contribution < -0.4 is 5.32 Å². The molecule has 0 aliphatic carbocycles. The highest BCUT2D eigenvalue weighted by Crippen LogP contribution is 2.10. The Kier molecular flexibility index (Phi) is 6.28. The van der Waals surface area contributed by atoms with Gasteiger partial charge in [-0.1, -0.05) is 23.7 Å². The lowest BCUT2D eigenvalue weighted by Crippen LogP contribution is -2.24. The summed E-state index contributed by atoms with van der Waals surface area (Å²) in [7, 11) is 0. The largest absolute Gasteiger partial charge is 0.356 e. The number of amides is 1. The Morgan fingerprint density at radius 1 is 1.24 bits per heavy atom. The van der Waals surface area contributed by atoms with Crippen molar-refractivity contribution in [3.05, 3.63) is 53.6 Å². The zero-order chi connectivity index (χ0) is 14.9. The van der Waals surface area contributed by atoms with Gasteiger partial charge in [-0.05, 0) is 37.0 Å². The molecule has 0 aliphatic rings. The monoisotopic (exact) mass is 305 g/mol. The summed E-state index contributed by atoms with van der Waals surface area (Å²) < 4.78 is 2.04. The summed E-state index contributed by atoms with van der Waals surface area (Å²) in [6.07, 6.45) is 8.81. The van der Waals surface area contributed by atoms with E-state index in [2.05, 4.69) is 10.3 Å². The summed E-state index contributed by atoms with van der Waals surface area (Å²) in [5.74, 6) is 0.104. The van der Waals surface area contributed by atoms with Gasteiger partial charge in [-0.15, -0.1) is 0 Å². The first-order chi connectivity index (χ1) is 10.2. The Morgan fingerprint density at radius 3 is 2.76 bits per heavy atom. The molecule has 0 bridgehead atoms. The minimum atomic E-state index is 0.104. The van der Waals surface area contributed by atoms with Crippen LogP contribution in [0, 0.1) is 0 Å². The van der Waals surface area contributed by atoms with Gasteiger partial charge in [-0.25, -0.2) is 4.98 Å². The highest BCUT2D eigenvalue weighted by Gasteiger charge is 2.02. The Bertz CT molecular complexity index is 537. The van der Waals surface area contributed by atoms with Crippen molar-refractivity contribution in [1.82, 2.24) is 14.9 Å². The van der Waals surface area contributed by atoms with Crippen LogP contribution in [0.4, 0.5) is 0 Å². The standard InChI is InChI=1S/C16H20ClN3O/c17-15-6-3-14(4-7-15)5-8-16(21)19-9-1-2-11-20-12-10-18-13-20/h3-4,6-7,10,12-13H,1-2,5,8-9,11H2,(H,19,21). The molecule has 2 rings (SSSR count). The number of carbonyl (C=O) groups is 1. The molecule has 112 valence electrons. The second kappa shape index (κ2) is 8.47. The van der Waals surface area contributed by atoms with E-state index in [1.807, 2.05) is 41.4 Å². The van der Waals surface area contributed by atoms with Crippen molar-refractivity contribution in [2.45, 2.75) is 32.2 Å². The van der Waals surface area contributed by atoms with Crippen molar-refractivity contribution in [2.75, 3.05) is 6.54 Å². The molecule has 5 heteroatoms. The summed E-state index contributed by atoms with van der Waals surface area (Å²) in [5, 5.41) is 3.68. The van der Waals surface area contributed by atoms with Gasteiger partial charge < -0.3 is 9.88 Å². The molecule has 1 heterocycles. The third kappa shape index (κ3) is 6.00. The molecular formula is C16H20ClN3O. The van der Waals surface area contributed by atoms with Crippen LogP contribution in [-0.4, -0.2) is 22.0 Å². The normalized spacial score (nSPS) is 10.5. The molecule has 1 amide bonds. The highest BCUT2D eigenvalue weighted by molar-refractivity contribution is 6.30. The van der Waals surface area contributed by atoms with Crippen LogP contribution in [0.5, 0.6) is 0 Å². The number of rotatable bonds is 8. The number of nitrogens with one attached hydrogen (secondary N) is 1. The van der Waals surface area contributed by atoms with Gasteiger partial charge >= 0.3 is 0 Å². The van der Waals surface area contributed by atoms with E-state index >= 15 is 0 Å². The van der Waals surface area contributed by atoms with Crippen molar-refractivity contribution >= 4 is 17.5 Å². The number of hydrogen-bond acceptors (Lipinski definition) is 2. The first-order valence-corrected chi connectivity index (χ1v) is 7.59. The number of hydrogen-bond donors (Lipinski definition) is 1. The molecule has 1 aromatic carbocycles. The quantitative estimate of drug-likeness (QED) is 0.762. The topological polar surface area (TPSA) is 46.9 Å². The van der Waals surface area contributed by atoms with Gasteiger partial charge in [-0.3, -0.25) is 4.79 Å². The van der Waals surface area contributed by atoms with E-state index < -0.39 is 0 Å². The fourth-order valence-corrected chi connectivity index (χ4v) is 2.19. The minimum Gasteiger partial charge on any atom is -0.356 e. The smallest absolute Gasteiger partial charge is 0.220 e. The maximum Gasteiger partial charge on any atom is 0.220 e. The van der Waals surface area contributed by atoms with Gasteiger partial charge in [0, 0.05) is 36.9 Å². The fourth-order valence-electron chi connectivity index (χ4n) is 2.06. The predicted octanol–water partition coefficient (Wildman–Crippen LogP) is 3.07. The summed E-state index contributed by atoms with van der Waals surface area (Å²) in [6, 6.07) is 7.62. The summed E-state index contributed by atoms with van der Waals surface area (Å²) in [5.41, 5.74) is 1.13. The average molecular weight is 306 g/mol. The van der Waals surface area contributed by atoms with Crippen molar-refractivity contribution in [3.63, 3.8) is 0 Å². The molecule has 0 saturated heterocycles. The zero-order valence-electron chi connectivity index (χ0n) is 12.0. The molecule has 4 nitrogen and oxygen atoms in total. The van der Waals surface area contributed by atoms with Gasteiger partial charge in [0.25, 0.3) is 0 Å². The molecule has 0 spiro atoms. The lowest BCUT2D eigenvalue weighted by molar-refractivity contribution is -0.121. The van der Waals surface area contributed by atoms with E-state index in [1.165, 1.54) is 0 Å². The van der Waals surface area contributed by atoms with Crippen molar-refractivity contribution < 1.29 is 4.79 Å². The van der Waals surface area contributed by atoms with E-state index in [-0.39, 0.29) is 5.91 Å². The number of aryl methyl sites for hydroxylation is 2. The second-order valence-corrected chi connectivity index (χ2v) is 5.42. The van der Waals surface area contributed by atoms with E-state index in [1.54, 1.807) is 6.20 Å². The molecule has 1 aromatic heterocycles. The summed E-state index contributed by atoms with van der Waals surface area (Å²) in [6.45, 7) is 1.68. The minimum absolute atomic E-state index is 0.104.